The van der Waals surface area contributed by atoms with E-state index >= 15 is 0 Å². The Balaban J connectivity index is 0. The van der Waals surface area contributed by atoms with Gasteiger partial charge in [0.15, 0.2) is 0 Å². The lowest BCUT2D eigenvalue weighted by atomic mass is 10.4. The molecule has 0 aromatic rings. The van der Waals surface area contributed by atoms with Crippen LogP contribution in [0.3, 0.4) is 0 Å². The van der Waals surface area contributed by atoms with Crippen LogP contribution in [0.4, 0.5) is 0 Å². The summed E-state index contributed by atoms with van der Waals surface area (Å²) in [6.07, 6.45) is 3.90. The Labute approximate surface area is 75.9 Å². The second kappa shape index (κ2) is 10.4. The summed E-state index contributed by atoms with van der Waals surface area (Å²) in [5, 5.41) is 0. The van der Waals surface area contributed by atoms with Crippen LogP contribution < -0.4 is 0 Å². The molecule has 0 aromatic heterocycles. The van der Waals surface area contributed by atoms with Gasteiger partial charge in [-0.05, 0) is 13.8 Å². The highest BCUT2D eigenvalue weighted by atomic mass is 16.5. The minimum atomic E-state index is 0.199. The zero-order valence-electron chi connectivity index (χ0n) is 8.54. The summed E-state index contributed by atoms with van der Waals surface area (Å²) < 4.78 is 9.56. The van der Waals surface area contributed by atoms with Crippen LogP contribution in [0.15, 0.2) is 25.3 Å². The van der Waals surface area contributed by atoms with Gasteiger partial charge in [-0.15, -0.1) is 13.2 Å². The van der Waals surface area contributed by atoms with Crippen molar-refractivity contribution in [2.24, 2.45) is 0 Å². The van der Waals surface area contributed by atoms with Gasteiger partial charge in [-0.2, -0.15) is 0 Å². The molecule has 0 saturated heterocycles. The molecule has 12 heavy (non-hydrogen) atoms. The number of ether oxygens (including phenoxy) is 2. The van der Waals surface area contributed by atoms with Crippen molar-refractivity contribution < 1.29 is 9.47 Å². The lowest BCUT2D eigenvalue weighted by Gasteiger charge is -1.97. The van der Waals surface area contributed by atoms with E-state index in [1.54, 1.807) is 26.4 Å². The fourth-order valence-electron chi connectivity index (χ4n) is 0.192. The molecule has 2 heteroatoms. The van der Waals surface area contributed by atoms with E-state index in [4.69, 9.17) is 9.47 Å². The van der Waals surface area contributed by atoms with Crippen molar-refractivity contribution >= 4 is 0 Å². The van der Waals surface area contributed by atoms with Crippen LogP contribution in [0.1, 0.15) is 13.8 Å². The molecule has 0 aliphatic carbocycles. The molecule has 72 valence electrons. The fourth-order valence-corrected chi connectivity index (χ4v) is 0.192. The number of methoxy groups -OCH3 is 2. The van der Waals surface area contributed by atoms with Gasteiger partial charge in [-0.1, -0.05) is 12.2 Å². The second-order valence-electron chi connectivity index (χ2n) is 2.35. The van der Waals surface area contributed by atoms with Gasteiger partial charge >= 0.3 is 0 Å². The monoisotopic (exact) mass is 172 g/mol. The summed E-state index contributed by atoms with van der Waals surface area (Å²) in [7, 11) is 3.32. The molecular formula is C10H20O2. The second-order valence-corrected chi connectivity index (χ2v) is 2.35. The molecule has 0 amide bonds. The lowest BCUT2D eigenvalue weighted by molar-refractivity contribution is 0.156. The molecule has 2 unspecified atom stereocenters. The Morgan fingerprint density at radius 1 is 0.917 bits per heavy atom. The van der Waals surface area contributed by atoms with Crippen molar-refractivity contribution in [3.05, 3.63) is 25.3 Å². The molecule has 0 aliphatic heterocycles. The van der Waals surface area contributed by atoms with Crippen LogP contribution in [0.25, 0.3) is 0 Å². The number of hydrogen-bond acceptors (Lipinski definition) is 2. The first-order valence-corrected chi connectivity index (χ1v) is 3.93. The highest BCUT2D eigenvalue weighted by Gasteiger charge is 1.84. The minimum Gasteiger partial charge on any atom is -0.378 e. The molecule has 2 nitrogen and oxygen atoms in total. The SMILES string of the molecule is C=CC(C)OC.C=CC(C)OC. The van der Waals surface area contributed by atoms with E-state index in [-0.39, 0.29) is 12.2 Å². The average molecular weight is 172 g/mol. The Kier molecular flexibility index (Phi) is 12.1. The summed E-state index contributed by atoms with van der Waals surface area (Å²) >= 11 is 0. The normalized spacial score (nSPS) is 13.7. The van der Waals surface area contributed by atoms with Gasteiger partial charge in [0.25, 0.3) is 0 Å². The smallest absolute Gasteiger partial charge is 0.0721 e. The molecule has 0 aromatic carbocycles. The van der Waals surface area contributed by atoms with Crippen LogP contribution in [0.2, 0.25) is 0 Å². The van der Waals surface area contributed by atoms with E-state index in [0.717, 1.165) is 0 Å². The van der Waals surface area contributed by atoms with Gasteiger partial charge < -0.3 is 9.47 Å². The van der Waals surface area contributed by atoms with Gasteiger partial charge in [-0.25, -0.2) is 0 Å². The van der Waals surface area contributed by atoms with Crippen LogP contribution in [0.5, 0.6) is 0 Å². The molecule has 0 saturated carbocycles. The van der Waals surface area contributed by atoms with E-state index < -0.39 is 0 Å². The third-order valence-corrected chi connectivity index (χ3v) is 1.41. The first-order chi connectivity index (χ1) is 5.62. The average Bonchev–Trinajstić information content (AvgIpc) is 2.16. The summed E-state index contributed by atoms with van der Waals surface area (Å²) in [4.78, 5) is 0. The molecule has 0 bridgehead atoms. The highest BCUT2D eigenvalue weighted by molar-refractivity contribution is 4.74. The van der Waals surface area contributed by atoms with Crippen molar-refractivity contribution in [2.45, 2.75) is 26.1 Å². The molecule has 0 fully saturated rings. The number of hydrogen-bond donors (Lipinski definition) is 0. The maximum atomic E-state index is 4.78. The molecule has 0 heterocycles. The van der Waals surface area contributed by atoms with Gasteiger partial charge in [-0.3, -0.25) is 0 Å². The first-order valence-electron chi connectivity index (χ1n) is 3.93. The van der Waals surface area contributed by atoms with Gasteiger partial charge in [0.2, 0.25) is 0 Å². The zero-order chi connectivity index (χ0) is 9.98. The molecule has 0 radical (unpaired) electrons. The zero-order valence-corrected chi connectivity index (χ0v) is 8.54. The number of rotatable bonds is 4. The predicted molar refractivity (Wildman–Crippen MR) is 53.3 cm³/mol. The molecular weight excluding hydrogens is 152 g/mol. The van der Waals surface area contributed by atoms with E-state index in [0.29, 0.717) is 0 Å². The maximum Gasteiger partial charge on any atom is 0.0721 e. The van der Waals surface area contributed by atoms with Gasteiger partial charge in [0, 0.05) is 14.2 Å². The highest BCUT2D eigenvalue weighted by Crippen LogP contribution is 1.84. The van der Waals surface area contributed by atoms with Crippen molar-refractivity contribution in [1.29, 1.82) is 0 Å². The van der Waals surface area contributed by atoms with Crippen molar-refractivity contribution in [1.82, 2.24) is 0 Å². The van der Waals surface area contributed by atoms with Crippen LogP contribution >= 0.6 is 0 Å². The van der Waals surface area contributed by atoms with Crippen molar-refractivity contribution in [3.63, 3.8) is 0 Å². The molecule has 0 rings (SSSR count). The summed E-state index contributed by atoms with van der Waals surface area (Å²) in [5.74, 6) is 0. The van der Waals surface area contributed by atoms with E-state index in [2.05, 4.69) is 13.2 Å². The van der Waals surface area contributed by atoms with Crippen LogP contribution in [0, 0.1) is 0 Å². The molecule has 0 spiro atoms. The molecule has 0 N–H and O–H groups in total. The van der Waals surface area contributed by atoms with Crippen LogP contribution in [-0.2, 0) is 9.47 Å². The van der Waals surface area contributed by atoms with E-state index in [9.17, 15) is 0 Å². The first kappa shape index (κ1) is 14.0. The lowest BCUT2D eigenvalue weighted by Crippen LogP contribution is -1.96. The Hall–Kier alpha value is -0.600. The molecule has 0 aliphatic rings. The molecule has 2 atom stereocenters. The standard InChI is InChI=1S/2C5H10O/c2*1-4-5(2)6-3/h2*4-5H,1H2,2-3H3. The van der Waals surface area contributed by atoms with Gasteiger partial charge in [0.1, 0.15) is 0 Å². The Morgan fingerprint density at radius 2 is 1.17 bits per heavy atom. The summed E-state index contributed by atoms with van der Waals surface area (Å²) in [6.45, 7) is 10.9. The van der Waals surface area contributed by atoms with Crippen LogP contribution in [-0.4, -0.2) is 26.4 Å². The fraction of sp³-hybridized carbons (Fsp3) is 0.600. The third-order valence-electron chi connectivity index (χ3n) is 1.41. The quantitative estimate of drug-likeness (QED) is 0.606. The summed E-state index contributed by atoms with van der Waals surface area (Å²) in [5.41, 5.74) is 0. The topological polar surface area (TPSA) is 18.5 Å². The summed E-state index contributed by atoms with van der Waals surface area (Å²) in [6, 6.07) is 0. The van der Waals surface area contributed by atoms with Gasteiger partial charge in [0.05, 0.1) is 12.2 Å². The van der Waals surface area contributed by atoms with E-state index in [1.165, 1.54) is 0 Å². The minimum absolute atomic E-state index is 0.199. The Bertz CT molecular complexity index is 96.4. The van der Waals surface area contributed by atoms with Crippen molar-refractivity contribution in [3.8, 4) is 0 Å². The van der Waals surface area contributed by atoms with E-state index in [1.807, 2.05) is 13.8 Å². The predicted octanol–water partition coefficient (Wildman–Crippen LogP) is 2.41. The Morgan fingerprint density at radius 3 is 1.17 bits per heavy atom. The largest absolute Gasteiger partial charge is 0.378 e. The van der Waals surface area contributed by atoms with Crippen molar-refractivity contribution in [2.75, 3.05) is 14.2 Å². The maximum absolute atomic E-state index is 4.78. The third kappa shape index (κ3) is 12.1.